The summed E-state index contributed by atoms with van der Waals surface area (Å²) < 4.78 is 40.7. The number of alkyl halides is 3. The van der Waals surface area contributed by atoms with E-state index in [2.05, 4.69) is 15.0 Å². The Labute approximate surface area is 182 Å². The lowest BCUT2D eigenvalue weighted by Crippen LogP contribution is -2.45. The molecule has 0 saturated heterocycles. The number of benzene rings is 1. The molecule has 1 aliphatic heterocycles. The number of thioether (sulfide) groups is 1. The van der Waals surface area contributed by atoms with Crippen molar-refractivity contribution >= 4 is 29.2 Å². The van der Waals surface area contributed by atoms with Gasteiger partial charge in [0.15, 0.2) is 5.82 Å². The molecule has 4 rings (SSSR count). The van der Waals surface area contributed by atoms with E-state index in [9.17, 15) is 18.0 Å². The molecule has 1 amide bonds. The number of amides is 1. The molecule has 0 bridgehead atoms. The van der Waals surface area contributed by atoms with Crippen molar-refractivity contribution in [3.05, 3.63) is 35.8 Å². The molecule has 1 aliphatic carbocycles. The molecule has 0 radical (unpaired) electrons. The van der Waals surface area contributed by atoms with Crippen LogP contribution in [0.3, 0.4) is 0 Å². The van der Waals surface area contributed by atoms with Crippen LogP contribution in [0.25, 0.3) is 0 Å². The lowest BCUT2D eigenvalue weighted by Gasteiger charge is -2.35. The topological polar surface area (TPSA) is 67.4 Å². The van der Waals surface area contributed by atoms with Crippen LogP contribution in [-0.2, 0) is 11.2 Å². The van der Waals surface area contributed by atoms with Crippen molar-refractivity contribution in [3.63, 3.8) is 0 Å². The van der Waals surface area contributed by atoms with Gasteiger partial charge < -0.3 is 15.0 Å². The first kappa shape index (κ1) is 21.7. The molecular weight excluding hydrogens is 429 g/mol. The number of rotatable bonds is 5. The summed E-state index contributed by atoms with van der Waals surface area (Å²) in [7, 11) is 1.86. The van der Waals surface area contributed by atoms with Crippen LogP contribution >= 0.6 is 11.8 Å². The van der Waals surface area contributed by atoms with E-state index in [-0.39, 0.29) is 17.7 Å². The van der Waals surface area contributed by atoms with E-state index in [4.69, 9.17) is 4.98 Å². The Balaban J connectivity index is 1.32. The second-order valence-electron chi connectivity index (χ2n) is 8.00. The highest BCUT2D eigenvalue weighted by Gasteiger charge is 2.34. The van der Waals surface area contributed by atoms with Crippen LogP contribution < -0.4 is 15.0 Å². The predicted molar refractivity (Wildman–Crippen MR) is 112 cm³/mol. The quantitative estimate of drug-likeness (QED) is 0.717. The molecule has 6 nitrogen and oxygen atoms in total. The van der Waals surface area contributed by atoms with E-state index in [1.807, 2.05) is 25.8 Å². The number of hydrogen-bond acceptors (Lipinski definition) is 6. The van der Waals surface area contributed by atoms with Gasteiger partial charge in [0.05, 0.1) is 5.69 Å². The molecule has 0 unspecified atom stereocenters. The summed E-state index contributed by atoms with van der Waals surface area (Å²) in [5.41, 5.74) is 1.44. The highest BCUT2D eigenvalue weighted by atomic mass is 32.2. The summed E-state index contributed by atoms with van der Waals surface area (Å²) in [5.74, 6) is 1.71. The maximum absolute atomic E-state index is 12.3. The van der Waals surface area contributed by atoms with Crippen LogP contribution in [-0.4, -0.2) is 40.6 Å². The second kappa shape index (κ2) is 8.22. The fraction of sp³-hybridized carbons (Fsp3) is 0.476. The zero-order valence-corrected chi connectivity index (χ0v) is 18.2. The highest BCUT2D eigenvalue weighted by Crippen LogP contribution is 2.42. The molecule has 1 saturated carbocycles. The number of hydrogen-bond donors (Lipinski definition) is 1. The number of likely N-dealkylation sites (N-methyl/N-ethyl adjacent to an activating group) is 1. The largest absolute Gasteiger partial charge is 0.573 e. The first-order valence-electron chi connectivity index (χ1n) is 10.0. The van der Waals surface area contributed by atoms with Crippen LogP contribution in [0.2, 0.25) is 0 Å². The van der Waals surface area contributed by atoms with Gasteiger partial charge in [-0.15, -0.1) is 24.9 Å². The van der Waals surface area contributed by atoms with Gasteiger partial charge >= 0.3 is 6.36 Å². The van der Waals surface area contributed by atoms with Crippen LogP contribution in [0.5, 0.6) is 5.75 Å². The van der Waals surface area contributed by atoms with Crippen LogP contribution in [0.15, 0.2) is 29.2 Å². The maximum Gasteiger partial charge on any atom is 0.573 e. The molecule has 2 aliphatic rings. The zero-order valence-electron chi connectivity index (χ0n) is 17.4. The molecule has 1 fully saturated rings. The number of nitrogens with one attached hydrogen (secondary N) is 1. The average Bonchev–Trinajstić information content (AvgIpc) is 2.66. The van der Waals surface area contributed by atoms with Crippen LogP contribution in [0.1, 0.15) is 31.3 Å². The Hall–Kier alpha value is -2.49. The van der Waals surface area contributed by atoms with Gasteiger partial charge in [0.2, 0.25) is 5.91 Å². The van der Waals surface area contributed by atoms with Crippen molar-refractivity contribution in [2.24, 2.45) is 5.92 Å². The van der Waals surface area contributed by atoms with Gasteiger partial charge in [0.25, 0.3) is 0 Å². The molecule has 2 aromatic rings. The van der Waals surface area contributed by atoms with Gasteiger partial charge in [-0.05, 0) is 56.9 Å². The molecule has 0 spiro atoms. The number of nitrogens with zero attached hydrogens (tertiary/aromatic N) is 3. The molecule has 2 heterocycles. The van der Waals surface area contributed by atoms with Crippen LogP contribution in [0, 0.1) is 12.8 Å². The van der Waals surface area contributed by atoms with Crippen molar-refractivity contribution in [1.82, 2.24) is 9.97 Å². The lowest BCUT2D eigenvalue weighted by atomic mass is 9.82. The second-order valence-corrected chi connectivity index (χ2v) is 9.37. The van der Waals surface area contributed by atoms with Gasteiger partial charge in [0, 0.05) is 23.6 Å². The summed E-state index contributed by atoms with van der Waals surface area (Å²) >= 11 is 1.66. The van der Waals surface area contributed by atoms with Gasteiger partial charge in [0.1, 0.15) is 23.3 Å². The Bertz CT molecular complexity index is 978. The monoisotopic (exact) mass is 452 g/mol. The number of carbonyl (C=O) groups excluding carboxylic acids is 1. The number of halogens is 3. The average molecular weight is 453 g/mol. The number of anilines is 2. The smallest absolute Gasteiger partial charge is 0.406 e. The fourth-order valence-electron chi connectivity index (χ4n) is 3.80. The van der Waals surface area contributed by atoms with E-state index >= 15 is 0 Å². The third-order valence-electron chi connectivity index (χ3n) is 5.68. The number of fused-ring (bicyclic) bond motifs is 1. The summed E-state index contributed by atoms with van der Waals surface area (Å²) in [4.78, 5) is 24.1. The minimum Gasteiger partial charge on any atom is -0.406 e. The summed E-state index contributed by atoms with van der Waals surface area (Å²) in [6.07, 6.45) is -1.92. The van der Waals surface area contributed by atoms with Gasteiger partial charge in [-0.3, -0.25) is 4.79 Å². The van der Waals surface area contributed by atoms with Crippen LogP contribution in [0.4, 0.5) is 24.7 Å². The Morgan fingerprint density at radius 1 is 1.23 bits per heavy atom. The molecule has 10 heteroatoms. The van der Waals surface area contributed by atoms with Crippen molar-refractivity contribution in [2.45, 2.75) is 55.7 Å². The fourth-order valence-corrected chi connectivity index (χ4v) is 5.22. The van der Waals surface area contributed by atoms with Crippen molar-refractivity contribution < 1.29 is 22.7 Å². The highest BCUT2D eigenvalue weighted by molar-refractivity contribution is 8.00. The van der Waals surface area contributed by atoms with Crippen molar-refractivity contribution in [1.29, 1.82) is 0 Å². The van der Waals surface area contributed by atoms with Crippen molar-refractivity contribution in [2.75, 3.05) is 17.3 Å². The number of ether oxygens (including phenoxy) is 1. The lowest BCUT2D eigenvalue weighted by molar-refractivity contribution is -0.274. The molecular formula is C21H23F3N4O2S. The van der Waals surface area contributed by atoms with E-state index < -0.39 is 6.36 Å². The Kier molecular flexibility index (Phi) is 5.76. The van der Waals surface area contributed by atoms with E-state index in [0.29, 0.717) is 16.9 Å². The normalized spacial score (nSPS) is 23.1. The molecule has 1 atom stereocenters. The standard InChI is InChI=1S/C21H23F3N4O2S/c1-11-18-19(28(3)12(2)20(29)27-18)26-17(25-11)10-13-8-16(9-13)31-15-6-4-14(5-7-15)30-21(22,23)24/h4-7,12-13,16H,8-10H2,1-3H3,(H,27,29)/t12-,13?,16?/m0/s1. The van der Waals surface area contributed by atoms with E-state index in [0.717, 1.165) is 41.5 Å². The summed E-state index contributed by atoms with van der Waals surface area (Å²) in [6.45, 7) is 3.71. The molecule has 1 N–H and O–H groups in total. The molecule has 1 aromatic heterocycles. The predicted octanol–water partition coefficient (Wildman–Crippen LogP) is 4.57. The number of carbonyl (C=O) groups is 1. The zero-order chi connectivity index (χ0) is 22.3. The Morgan fingerprint density at radius 2 is 1.90 bits per heavy atom. The SMILES string of the molecule is Cc1nc(CC2CC(Sc3ccc(OC(F)(F)F)cc3)C2)nc2c1NC(=O)[C@H](C)N2C. The summed E-state index contributed by atoms with van der Waals surface area (Å²) in [5, 5.41) is 3.30. The number of aromatic nitrogens is 2. The third-order valence-corrected chi connectivity index (χ3v) is 6.95. The molecule has 1 aromatic carbocycles. The Morgan fingerprint density at radius 3 is 2.55 bits per heavy atom. The maximum atomic E-state index is 12.3. The molecule has 166 valence electrons. The summed E-state index contributed by atoms with van der Waals surface area (Å²) in [6, 6.07) is 5.70. The minimum atomic E-state index is -4.68. The van der Waals surface area contributed by atoms with Gasteiger partial charge in [-0.1, -0.05) is 0 Å². The van der Waals surface area contributed by atoms with Gasteiger partial charge in [-0.25, -0.2) is 9.97 Å². The van der Waals surface area contributed by atoms with E-state index in [1.54, 1.807) is 23.9 Å². The van der Waals surface area contributed by atoms with Crippen molar-refractivity contribution in [3.8, 4) is 5.75 Å². The minimum absolute atomic E-state index is 0.0636. The third kappa shape index (κ3) is 4.89. The van der Waals surface area contributed by atoms with Gasteiger partial charge in [-0.2, -0.15) is 0 Å². The first-order valence-corrected chi connectivity index (χ1v) is 10.9. The molecule has 31 heavy (non-hydrogen) atoms. The number of aryl methyl sites for hydroxylation is 1. The first-order chi connectivity index (χ1) is 14.6. The van der Waals surface area contributed by atoms with E-state index in [1.165, 1.54) is 12.1 Å².